The van der Waals surface area contributed by atoms with Crippen LogP contribution in [0.3, 0.4) is 0 Å². The van der Waals surface area contributed by atoms with E-state index in [4.69, 9.17) is 5.26 Å². The SMILES string of the molecule is N#CCCN(c1ccccc1)c1cc2n[nH]c(=O)n2cn1. The molecule has 0 fully saturated rings. The highest BCUT2D eigenvalue weighted by Crippen LogP contribution is 2.23. The van der Waals surface area contributed by atoms with Crippen LogP contribution in [0.4, 0.5) is 11.5 Å². The van der Waals surface area contributed by atoms with Gasteiger partial charge in [-0.05, 0) is 12.1 Å². The predicted molar refractivity (Wildman–Crippen MR) is 77.3 cm³/mol. The molecule has 0 radical (unpaired) electrons. The summed E-state index contributed by atoms with van der Waals surface area (Å²) in [6.45, 7) is 0.512. The molecule has 1 N–H and O–H groups in total. The van der Waals surface area contributed by atoms with E-state index in [-0.39, 0.29) is 5.69 Å². The Morgan fingerprint density at radius 3 is 2.90 bits per heavy atom. The van der Waals surface area contributed by atoms with Crippen molar-refractivity contribution in [3.63, 3.8) is 0 Å². The molecule has 0 aliphatic heterocycles. The number of fused-ring (bicyclic) bond motifs is 1. The first kappa shape index (κ1) is 12.9. The molecule has 0 saturated heterocycles. The lowest BCUT2D eigenvalue weighted by Gasteiger charge is -2.22. The summed E-state index contributed by atoms with van der Waals surface area (Å²) in [6.07, 6.45) is 1.80. The highest BCUT2D eigenvalue weighted by Gasteiger charge is 2.12. The fourth-order valence-electron chi connectivity index (χ4n) is 2.09. The van der Waals surface area contributed by atoms with Crippen LogP contribution in [0.2, 0.25) is 0 Å². The third-order valence-electron chi connectivity index (χ3n) is 3.09. The zero-order valence-corrected chi connectivity index (χ0v) is 11.1. The first-order valence-corrected chi connectivity index (χ1v) is 6.42. The largest absolute Gasteiger partial charge is 0.348 e. The maximum Gasteiger partial charge on any atom is 0.348 e. The fraction of sp³-hybridized carbons (Fsp3) is 0.143. The second-order valence-electron chi connectivity index (χ2n) is 4.40. The van der Waals surface area contributed by atoms with Crippen molar-refractivity contribution < 1.29 is 0 Å². The number of aromatic amines is 1. The standard InChI is InChI=1S/C14H12N6O/c15-7-4-8-19(11-5-2-1-3-6-11)12-9-13-17-18-14(21)20(13)10-16-12/h1-3,5-6,9-10H,4,8H2,(H,18,21). The number of para-hydroxylation sites is 1. The highest BCUT2D eigenvalue weighted by atomic mass is 16.1. The van der Waals surface area contributed by atoms with Crippen LogP contribution in [-0.2, 0) is 0 Å². The van der Waals surface area contributed by atoms with Gasteiger partial charge in [-0.1, -0.05) is 18.2 Å². The van der Waals surface area contributed by atoms with Crippen LogP contribution in [-0.4, -0.2) is 26.1 Å². The average molecular weight is 280 g/mol. The van der Waals surface area contributed by atoms with Crippen LogP contribution in [0.25, 0.3) is 5.65 Å². The van der Waals surface area contributed by atoms with Crippen molar-refractivity contribution in [1.29, 1.82) is 5.26 Å². The Hall–Kier alpha value is -3.14. The number of anilines is 2. The molecule has 0 aliphatic rings. The summed E-state index contributed by atoms with van der Waals surface area (Å²) in [5, 5.41) is 15.1. The van der Waals surface area contributed by atoms with Gasteiger partial charge in [-0.25, -0.2) is 19.3 Å². The zero-order chi connectivity index (χ0) is 14.7. The second kappa shape index (κ2) is 5.46. The minimum Gasteiger partial charge on any atom is -0.325 e. The van der Waals surface area contributed by atoms with Gasteiger partial charge in [0.15, 0.2) is 5.65 Å². The molecule has 0 saturated carbocycles. The number of nitriles is 1. The van der Waals surface area contributed by atoms with Crippen LogP contribution in [0, 0.1) is 11.3 Å². The molecule has 3 rings (SSSR count). The van der Waals surface area contributed by atoms with Gasteiger partial charge in [0.1, 0.15) is 12.1 Å². The summed E-state index contributed by atoms with van der Waals surface area (Å²) < 4.78 is 1.33. The van der Waals surface area contributed by atoms with E-state index in [1.165, 1.54) is 10.7 Å². The molecule has 0 aliphatic carbocycles. The van der Waals surface area contributed by atoms with E-state index in [1.54, 1.807) is 6.07 Å². The summed E-state index contributed by atoms with van der Waals surface area (Å²) >= 11 is 0. The molecular weight excluding hydrogens is 268 g/mol. The first-order chi connectivity index (χ1) is 10.3. The fourth-order valence-corrected chi connectivity index (χ4v) is 2.09. The van der Waals surface area contributed by atoms with Crippen molar-refractivity contribution in [3.05, 3.63) is 53.2 Å². The van der Waals surface area contributed by atoms with E-state index in [2.05, 4.69) is 21.3 Å². The highest BCUT2D eigenvalue weighted by molar-refractivity contribution is 5.62. The van der Waals surface area contributed by atoms with E-state index in [0.717, 1.165) is 5.69 Å². The molecule has 104 valence electrons. The summed E-state index contributed by atoms with van der Waals surface area (Å²) in [6, 6.07) is 13.5. The summed E-state index contributed by atoms with van der Waals surface area (Å²) in [4.78, 5) is 17.7. The Morgan fingerprint density at radius 1 is 1.33 bits per heavy atom. The smallest absolute Gasteiger partial charge is 0.325 e. The topological polar surface area (TPSA) is 90.1 Å². The van der Waals surface area contributed by atoms with Gasteiger partial charge in [-0.3, -0.25) is 0 Å². The zero-order valence-electron chi connectivity index (χ0n) is 11.1. The van der Waals surface area contributed by atoms with Gasteiger partial charge in [0, 0.05) is 18.3 Å². The first-order valence-electron chi connectivity index (χ1n) is 6.42. The lowest BCUT2D eigenvalue weighted by Crippen LogP contribution is -2.20. The van der Waals surface area contributed by atoms with Crippen LogP contribution in [0.5, 0.6) is 0 Å². The van der Waals surface area contributed by atoms with Crippen molar-refractivity contribution in [1.82, 2.24) is 19.6 Å². The van der Waals surface area contributed by atoms with E-state index >= 15 is 0 Å². The number of nitrogens with one attached hydrogen (secondary N) is 1. The molecule has 0 amide bonds. The average Bonchev–Trinajstić information content (AvgIpc) is 2.90. The minimum atomic E-state index is -0.327. The van der Waals surface area contributed by atoms with E-state index in [9.17, 15) is 4.79 Å². The maximum absolute atomic E-state index is 11.5. The van der Waals surface area contributed by atoms with Crippen LogP contribution >= 0.6 is 0 Å². The summed E-state index contributed by atoms with van der Waals surface area (Å²) in [7, 11) is 0. The van der Waals surface area contributed by atoms with Gasteiger partial charge < -0.3 is 4.90 Å². The Labute approximate surface area is 120 Å². The van der Waals surface area contributed by atoms with E-state index < -0.39 is 0 Å². The Balaban J connectivity index is 2.05. The molecular formula is C14H12N6O. The van der Waals surface area contributed by atoms with Gasteiger partial charge in [-0.15, -0.1) is 0 Å². The number of aromatic nitrogens is 4. The lowest BCUT2D eigenvalue weighted by molar-refractivity contribution is 0.911. The van der Waals surface area contributed by atoms with E-state index in [0.29, 0.717) is 24.4 Å². The number of hydrogen-bond acceptors (Lipinski definition) is 5. The number of nitrogens with zero attached hydrogens (tertiary/aromatic N) is 5. The summed E-state index contributed by atoms with van der Waals surface area (Å²) in [5.41, 5.74) is 1.10. The molecule has 7 heteroatoms. The van der Waals surface area contributed by atoms with Crippen LogP contribution < -0.4 is 10.6 Å². The van der Waals surface area contributed by atoms with Gasteiger partial charge in [0.25, 0.3) is 0 Å². The van der Waals surface area contributed by atoms with Crippen LogP contribution in [0.1, 0.15) is 6.42 Å². The Bertz CT molecular complexity index is 845. The molecule has 7 nitrogen and oxygen atoms in total. The third-order valence-corrected chi connectivity index (χ3v) is 3.09. The van der Waals surface area contributed by atoms with Gasteiger partial charge in [0.2, 0.25) is 0 Å². The normalized spacial score (nSPS) is 10.4. The Morgan fingerprint density at radius 2 is 2.14 bits per heavy atom. The predicted octanol–water partition coefficient (Wildman–Crippen LogP) is 1.47. The number of benzene rings is 1. The number of rotatable bonds is 4. The van der Waals surface area contributed by atoms with Crippen molar-refractivity contribution in [3.8, 4) is 6.07 Å². The molecule has 1 aromatic carbocycles. The Kier molecular flexibility index (Phi) is 3.35. The van der Waals surface area contributed by atoms with Gasteiger partial charge >= 0.3 is 5.69 Å². The quantitative estimate of drug-likeness (QED) is 0.781. The summed E-state index contributed by atoms with van der Waals surface area (Å²) in [5.74, 6) is 0.642. The van der Waals surface area contributed by atoms with E-state index in [1.807, 2.05) is 35.2 Å². The third kappa shape index (κ3) is 2.47. The molecule has 0 unspecified atom stereocenters. The van der Waals surface area contributed by atoms with Crippen molar-refractivity contribution in [2.24, 2.45) is 0 Å². The van der Waals surface area contributed by atoms with Crippen LogP contribution in [0.15, 0.2) is 47.5 Å². The molecule has 2 aromatic heterocycles. The minimum absolute atomic E-state index is 0.327. The number of hydrogen-bond donors (Lipinski definition) is 1. The molecule has 3 aromatic rings. The molecule has 0 bridgehead atoms. The van der Waals surface area contributed by atoms with Crippen molar-refractivity contribution in [2.45, 2.75) is 6.42 Å². The molecule has 21 heavy (non-hydrogen) atoms. The van der Waals surface area contributed by atoms with Crippen molar-refractivity contribution >= 4 is 17.2 Å². The van der Waals surface area contributed by atoms with Gasteiger partial charge in [0.05, 0.1) is 12.5 Å². The molecule has 0 atom stereocenters. The second-order valence-corrected chi connectivity index (χ2v) is 4.40. The monoisotopic (exact) mass is 280 g/mol. The number of H-pyrrole nitrogens is 1. The lowest BCUT2D eigenvalue weighted by atomic mass is 10.2. The molecule has 2 heterocycles. The maximum atomic E-state index is 11.5. The molecule has 0 spiro atoms. The van der Waals surface area contributed by atoms with Gasteiger partial charge in [-0.2, -0.15) is 10.4 Å². The van der Waals surface area contributed by atoms with Crippen molar-refractivity contribution in [2.75, 3.05) is 11.4 Å².